The first-order valence-electron chi connectivity index (χ1n) is 10.7. The molecule has 0 bridgehead atoms. The van der Waals surface area contributed by atoms with Crippen LogP contribution in [-0.2, 0) is 9.53 Å². The van der Waals surface area contributed by atoms with Crippen LogP contribution in [0.4, 0.5) is 0 Å². The summed E-state index contributed by atoms with van der Waals surface area (Å²) in [5.74, 6) is 5.89. The first-order chi connectivity index (χ1) is 15.1. The number of hydrogen-bond acceptors (Lipinski definition) is 3. The molecule has 2 aromatic carbocycles. The molecule has 0 aliphatic heterocycles. The van der Waals surface area contributed by atoms with Crippen LogP contribution >= 0.6 is 11.6 Å². The predicted molar refractivity (Wildman–Crippen MR) is 128 cm³/mol. The fourth-order valence-electron chi connectivity index (χ4n) is 3.75. The van der Waals surface area contributed by atoms with Crippen molar-refractivity contribution in [1.82, 2.24) is 4.98 Å². The third-order valence-corrected chi connectivity index (χ3v) is 5.57. The van der Waals surface area contributed by atoms with Crippen molar-refractivity contribution in [3.63, 3.8) is 0 Å². The van der Waals surface area contributed by atoms with Gasteiger partial charge in [0, 0.05) is 21.9 Å². The fraction of sp³-hybridized carbons (Fsp3) is 0.333. The molecule has 0 amide bonds. The lowest BCUT2D eigenvalue weighted by Crippen LogP contribution is -2.28. The van der Waals surface area contributed by atoms with E-state index in [4.69, 9.17) is 21.3 Å². The third kappa shape index (κ3) is 4.96. The zero-order chi connectivity index (χ0) is 23.0. The highest BCUT2D eigenvalue weighted by atomic mass is 35.5. The normalized spacial score (nSPS) is 14.7. The van der Waals surface area contributed by atoms with E-state index in [0.717, 1.165) is 46.1 Å². The number of ether oxygens (including phenoxy) is 1. The topological polar surface area (TPSA) is 59.4 Å². The Morgan fingerprint density at radius 1 is 1.19 bits per heavy atom. The van der Waals surface area contributed by atoms with E-state index in [-0.39, 0.29) is 0 Å². The molecule has 0 radical (unpaired) electrons. The number of aryl methyl sites for hydroxylation is 1. The van der Waals surface area contributed by atoms with Crippen LogP contribution in [-0.4, -0.2) is 21.7 Å². The number of benzene rings is 2. The van der Waals surface area contributed by atoms with Gasteiger partial charge >= 0.3 is 5.97 Å². The minimum absolute atomic E-state index is 0.493. The Morgan fingerprint density at radius 2 is 1.88 bits per heavy atom. The van der Waals surface area contributed by atoms with E-state index in [1.165, 1.54) is 0 Å². The third-order valence-electron chi connectivity index (χ3n) is 5.31. The van der Waals surface area contributed by atoms with E-state index >= 15 is 0 Å². The van der Waals surface area contributed by atoms with Crippen molar-refractivity contribution in [1.29, 1.82) is 0 Å². The zero-order valence-corrected chi connectivity index (χ0v) is 19.5. The number of carbonyl (C=O) groups is 1. The number of carboxylic acids is 1. The van der Waals surface area contributed by atoms with Gasteiger partial charge in [0.2, 0.25) is 0 Å². The summed E-state index contributed by atoms with van der Waals surface area (Å²) >= 11 is 6.13. The van der Waals surface area contributed by atoms with Crippen LogP contribution in [0.25, 0.3) is 22.0 Å². The van der Waals surface area contributed by atoms with Gasteiger partial charge in [-0.3, -0.25) is 0 Å². The van der Waals surface area contributed by atoms with E-state index in [1.807, 2.05) is 58.0 Å². The summed E-state index contributed by atoms with van der Waals surface area (Å²) in [6.07, 6.45) is 1.20. The summed E-state index contributed by atoms with van der Waals surface area (Å²) in [6.45, 7) is 7.47. The number of aliphatic carboxylic acids is 1. The molecule has 0 spiro atoms. The van der Waals surface area contributed by atoms with Gasteiger partial charge in [-0.1, -0.05) is 29.7 Å². The number of aromatic nitrogens is 1. The maximum absolute atomic E-state index is 12.3. The minimum atomic E-state index is -1.13. The van der Waals surface area contributed by atoms with Gasteiger partial charge in [0.1, 0.15) is 5.69 Å². The molecule has 1 atom stereocenters. The molecule has 4 rings (SSSR count). The van der Waals surface area contributed by atoms with Crippen LogP contribution in [0.1, 0.15) is 56.5 Å². The van der Waals surface area contributed by atoms with Gasteiger partial charge in [0.05, 0.1) is 11.1 Å². The van der Waals surface area contributed by atoms with E-state index < -0.39 is 17.7 Å². The van der Waals surface area contributed by atoms with Crippen molar-refractivity contribution in [3.8, 4) is 23.0 Å². The van der Waals surface area contributed by atoms with Gasteiger partial charge < -0.3 is 9.84 Å². The summed E-state index contributed by atoms with van der Waals surface area (Å²) in [6, 6.07) is 13.2. The maximum atomic E-state index is 12.3. The number of rotatable bonds is 4. The molecule has 1 fully saturated rings. The average Bonchev–Trinajstić information content (AvgIpc) is 3.54. The number of hydrogen-bond donors (Lipinski definition) is 1. The molecule has 1 aromatic heterocycles. The van der Waals surface area contributed by atoms with Gasteiger partial charge in [-0.2, -0.15) is 0 Å². The molecule has 1 aliphatic rings. The Morgan fingerprint density at radius 3 is 2.47 bits per heavy atom. The zero-order valence-electron chi connectivity index (χ0n) is 18.7. The maximum Gasteiger partial charge on any atom is 0.337 e. The second kappa shape index (κ2) is 8.58. The number of halogens is 1. The van der Waals surface area contributed by atoms with Crippen molar-refractivity contribution in [2.75, 3.05) is 0 Å². The standard InChI is InChI=1S/C27H26ClNO3/c1-16-15-22-21(14-13-20(29-22)12-7-17-5-6-17)24(18-8-10-19(28)11-9-18)23(16)25(26(30)31)32-27(2,3)4/h8-11,13-15,17,25H,5-6H2,1-4H3,(H,30,31). The summed E-state index contributed by atoms with van der Waals surface area (Å²) in [5.41, 5.74) is 3.95. The molecule has 0 saturated heterocycles. The quantitative estimate of drug-likeness (QED) is 0.459. The Hall–Kier alpha value is -2.87. The van der Waals surface area contributed by atoms with Gasteiger partial charge in [-0.15, -0.1) is 0 Å². The van der Waals surface area contributed by atoms with Crippen LogP contribution in [0.2, 0.25) is 5.02 Å². The first kappa shape index (κ1) is 22.3. The molecular formula is C27H26ClNO3. The van der Waals surface area contributed by atoms with Crippen molar-refractivity contribution < 1.29 is 14.6 Å². The van der Waals surface area contributed by atoms with E-state index in [0.29, 0.717) is 16.5 Å². The van der Waals surface area contributed by atoms with Gasteiger partial charge in [-0.05, 0) is 93.5 Å². The molecule has 3 aromatic rings. The van der Waals surface area contributed by atoms with E-state index in [2.05, 4.69) is 11.8 Å². The number of fused-ring (bicyclic) bond motifs is 1. The monoisotopic (exact) mass is 447 g/mol. The predicted octanol–water partition coefficient (Wildman–Crippen LogP) is 6.57. The SMILES string of the molecule is Cc1cc2nc(C#CC3CC3)ccc2c(-c2ccc(Cl)cc2)c1C(OC(C)(C)C)C(=O)O. The molecule has 4 nitrogen and oxygen atoms in total. The van der Waals surface area contributed by atoms with Crippen molar-refractivity contribution in [2.45, 2.75) is 52.2 Å². The van der Waals surface area contributed by atoms with Crippen LogP contribution in [0, 0.1) is 24.7 Å². The average molecular weight is 448 g/mol. The van der Waals surface area contributed by atoms with Crippen LogP contribution in [0.5, 0.6) is 0 Å². The fourth-order valence-corrected chi connectivity index (χ4v) is 3.87. The number of nitrogens with zero attached hydrogens (tertiary/aromatic N) is 1. The van der Waals surface area contributed by atoms with E-state index in [1.54, 1.807) is 12.1 Å². The lowest BCUT2D eigenvalue weighted by molar-refractivity contribution is -0.160. The molecule has 32 heavy (non-hydrogen) atoms. The number of pyridine rings is 1. The lowest BCUT2D eigenvalue weighted by atomic mass is 9.88. The van der Waals surface area contributed by atoms with Gasteiger partial charge in [0.25, 0.3) is 0 Å². The number of carboxylic acid groups (broad SMARTS) is 1. The highest BCUT2D eigenvalue weighted by molar-refractivity contribution is 6.30. The molecule has 1 heterocycles. The second-order valence-corrected chi connectivity index (χ2v) is 9.68. The smallest absolute Gasteiger partial charge is 0.337 e. The largest absolute Gasteiger partial charge is 0.479 e. The molecule has 1 N–H and O–H groups in total. The lowest BCUT2D eigenvalue weighted by Gasteiger charge is -2.28. The van der Waals surface area contributed by atoms with Crippen LogP contribution in [0.3, 0.4) is 0 Å². The highest BCUT2D eigenvalue weighted by Crippen LogP contribution is 2.40. The first-order valence-corrected chi connectivity index (χ1v) is 11.1. The second-order valence-electron chi connectivity index (χ2n) is 9.24. The molecule has 164 valence electrons. The minimum Gasteiger partial charge on any atom is -0.479 e. The summed E-state index contributed by atoms with van der Waals surface area (Å²) < 4.78 is 6.03. The van der Waals surface area contributed by atoms with Crippen molar-refractivity contribution in [3.05, 3.63) is 64.3 Å². The highest BCUT2D eigenvalue weighted by Gasteiger charge is 2.31. The van der Waals surface area contributed by atoms with Gasteiger partial charge in [0.15, 0.2) is 6.10 Å². The van der Waals surface area contributed by atoms with Crippen molar-refractivity contribution >= 4 is 28.5 Å². The van der Waals surface area contributed by atoms with Crippen LogP contribution in [0.15, 0.2) is 42.5 Å². The van der Waals surface area contributed by atoms with E-state index in [9.17, 15) is 9.90 Å². The van der Waals surface area contributed by atoms with Gasteiger partial charge in [-0.25, -0.2) is 9.78 Å². The Kier molecular flexibility index (Phi) is 5.99. The van der Waals surface area contributed by atoms with Crippen LogP contribution < -0.4 is 0 Å². The summed E-state index contributed by atoms with van der Waals surface area (Å²) in [5, 5.41) is 11.6. The molecule has 5 heteroatoms. The van der Waals surface area contributed by atoms with Crippen molar-refractivity contribution in [2.24, 2.45) is 5.92 Å². The molecular weight excluding hydrogens is 422 g/mol. The molecule has 1 saturated carbocycles. The Bertz CT molecular complexity index is 1240. The molecule has 1 unspecified atom stereocenters. The Labute approximate surface area is 193 Å². The Balaban J connectivity index is 1.97. The summed E-state index contributed by atoms with van der Waals surface area (Å²) in [7, 11) is 0. The summed E-state index contributed by atoms with van der Waals surface area (Å²) in [4.78, 5) is 17.1. The molecule has 1 aliphatic carbocycles.